The molecule has 0 saturated carbocycles. The fraction of sp³-hybridized carbons (Fsp3) is 0.250. The maximum Gasteiger partial charge on any atom is 0.191 e. The smallest absolute Gasteiger partial charge is 0.191 e. The minimum atomic E-state index is 0.734. The molecule has 2 heterocycles. The molecular formula is C16H17N5OS. The molecule has 3 rings (SSSR count). The maximum absolute atomic E-state index is 5.17. The minimum Gasteiger partial charge on any atom is -0.497 e. The molecule has 0 N–H and O–H groups in total. The largest absolute Gasteiger partial charge is 0.497 e. The number of hydrogen-bond acceptors (Lipinski definition) is 6. The van der Waals surface area contributed by atoms with Gasteiger partial charge < -0.3 is 9.30 Å². The van der Waals surface area contributed by atoms with Gasteiger partial charge in [-0.2, -0.15) is 0 Å². The zero-order valence-electron chi connectivity index (χ0n) is 13.0. The van der Waals surface area contributed by atoms with E-state index < -0.39 is 0 Å². The second-order valence-corrected chi connectivity index (χ2v) is 5.72. The molecule has 0 saturated heterocycles. The first-order valence-electron chi connectivity index (χ1n) is 7.27. The molecule has 0 aliphatic carbocycles. The lowest BCUT2D eigenvalue weighted by Gasteiger charge is -2.07. The number of aromatic nitrogens is 5. The summed E-state index contributed by atoms with van der Waals surface area (Å²) < 4.78 is 7.23. The van der Waals surface area contributed by atoms with Crippen LogP contribution in [0.25, 0.3) is 11.5 Å². The molecule has 118 valence electrons. The van der Waals surface area contributed by atoms with E-state index in [9.17, 15) is 0 Å². The first-order valence-corrected chi connectivity index (χ1v) is 8.25. The number of rotatable bonds is 6. The molecule has 7 heteroatoms. The Kier molecular flexibility index (Phi) is 4.87. The molecule has 0 spiro atoms. The highest BCUT2D eigenvalue weighted by atomic mass is 32.2. The van der Waals surface area contributed by atoms with Crippen molar-refractivity contribution < 1.29 is 4.74 Å². The van der Waals surface area contributed by atoms with Crippen molar-refractivity contribution in [1.29, 1.82) is 0 Å². The second kappa shape index (κ2) is 7.23. The molecule has 0 unspecified atom stereocenters. The molecule has 0 atom stereocenters. The average Bonchev–Trinajstić information content (AvgIpc) is 3.04. The molecule has 0 amide bonds. The Morgan fingerprint density at radius 2 is 1.96 bits per heavy atom. The molecule has 23 heavy (non-hydrogen) atoms. The average molecular weight is 327 g/mol. The monoisotopic (exact) mass is 327 g/mol. The Bertz CT molecular complexity index is 758. The summed E-state index contributed by atoms with van der Waals surface area (Å²) in [5.74, 6) is 2.43. The zero-order valence-corrected chi connectivity index (χ0v) is 13.8. The van der Waals surface area contributed by atoms with Crippen LogP contribution in [-0.4, -0.2) is 31.8 Å². The van der Waals surface area contributed by atoms with Crippen molar-refractivity contribution in [3.8, 4) is 17.3 Å². The van der Waals surface area contributed by atoms with E-state index in [1.54, 1.807) is 37.5 Å². The molecule has 0 aliphatic rings. The third-order valence-corrected chi connectivity index (χ3v) is 4.39. The van der Waals surface area contributed by atoms with Gasteiger partial charge in [0.1, 0.15) is 11.4 Å². The molecule has 0 radical (unpaired) electrons. The minimum absolute atomic E-state index is 0.734. The van der Waals surface area contributed by atoms with Crippen LogP contribution in [0.2, 0.25) is 0 Å². The second-order valence-electron chi connectivity index (χ2n) is 4.78. The first-order chi connectivity index (χ1) is 11.3. The number of thioether (sulfide) groups is 1. The number of methoxy groups -OCH3 is 1. The molecule has 3 aromatic rings. The lowest BCUT2D eigenvalue weighted by Crippen LogP contribution is -2.01. The zero-order chi connectivity index (χ0) is 16.1. The highest BCUT2D eigenvalue weighted by Crippen LogP contribution is 2.25. The van der Waals surface area contributed by atoms with E-state index in [-0.39, 0.29) is 0 Å². The van der Waals surface area contributed by atoms with Gasteiger partial charge in [-0.3, -0.25) is 4.98 Å². The molecular weight excluding hydrogens is 310 g/mol. The number of benzene rings is 1. The SMILES string of the molecule is CCn1c(SCc2ccc(OC)cc2)nnc1-c1cnccn1. The molecule has 1 aromatic carbocycles. The van der Waals surface area contributed by atoms with Crippen molar-refractivity contribution in [3.63, 3.8) is 0 Å². The van der Waals surface area contributed by atoms with Crippen molar-refractivity contribution in [3.05, 3.63) is 48.4 Å². The van der Waals surface area contributed by atoms with E-state index in [2.05, 4.69) is 43.8 Å². The predicted molar refractivity (Wildman–Crippen MR) is 89.3 cm³/mol. The molecule has 0 bridgehead atoms. The van der Waals surface area contributed by atoms with Crippen LogP contribution >= 0.6 is 11.8 Å². The van der Waals surface area contributed by atoms with Crippen LogP contribution in [-0.2, 0) is 12.3 Å². The van der Waals surface area contributed by atoms with Crippen LogP contribution in [0, 0.1) is 0 Å². The lowest BCUT2D eigenvalue weighted by atomic mass is 10.2. The summed E-state index contributed by atoms with van der Waals surface area (Å²) in [4.78, 5) is 8.39. The number of nitrogens with zero attached hydrogens (tertiary/aromatic N) is 5. The van der Waals surface area contributed by atoms with Gasteiger partial charge in [0.25, 0.3) is 0 Å². The molecule has 0 aliphatic heterocycles. The van der Waals surface area contributed by atoms with Gasteiger partial charge >= 0.3 is 0 Å². The fourth-order valence-corrected chi connectivity index (χ4v) is 3.11. The van der Waals surface area contributed by atoms with Crippen LogP contribution in [0.1, 0.15) is 12.5 Å². The topological polar surface area (TPSA) is 65.7 Å². The molecule has 6 nitrogen and oxygen atoms in total. The van der Waals surface area contributed by atoms with Crippen molar-refractivity contribution in [2.75, 3.05) is 7.11 Å². The lowest BCUT2D eigenvalue weighted by molar-refractivity contribution is 0.414. The quantitative estimate of drug-likeness (QED) is 0.648. The van der Waals surface area contributed by atoms with E-state index in [0.29, 0.717) is 0 Å². The van der Waals surface area contributed by atoms with Crippen molar-refractivity contribution >= 4 is 11.8 Å². The van der Waals surface area contributed by atoms with Gasteiger partial charge in [-0.25, -0.2) is 4.98 Å². The molecule has 0 fully saturated rings. The van der Waals surface area contributed by atoms with Crippen LogP contribution < -0.4 is 4.74 Å². The highest BCUT2D eigenvalue weighted by Gasteiger charge is 2.14. The predicted octanol–water partition coefficient (Wildman–Crippen LogP) is 3.06. The summed E-state index contributed by atoms with van der Waals surface area (Å²) in [6.07, 6.45) is 5.01. The molecule has 2 aromatic heterocycles. The third kappa shape index (κ3) is 3.50. The Morgan fingerprint density at radius 3 is 2.61 bits per heavy atom. The van der Waals surface area contributed by atoms with Gasteiger partial charge in [-0.05, 0) is 24.6 Å². The highest BCUT2D eigenvalue weighted by molar-refractivity contribution is 7.98. The Balaban J connectivity index is 1.76. The van der Waals surface area contributed by atoms with Crippen molar-refractivity contribution in [1.82, 2.24) is 24.7 Å². The van der Waals surface area contributed by atoms with E-state index >= 15 is 0 Å². The van der Waals surface area contributed by atoms with Crippen LogP contribution in [0.3, 0.4) is 0 Å². The third-order valence-electron chi connectivity index (χ3n) is 3.35. The van der Waals surface area contributed by atoms with E-state index in [0.717, 1.165) is 34.7 Å². The summed E-state index contributed by atoms with van der Waals surface area (Å²) in [5, 5.41) is 9.44. The fourth-order valence-electron chi connectivity index (χ4n) is 2.15. The Hall–Kier alpha value is -2.41. The van der Waals surface area contributed by atoms with Gasteiger partial charge in [0.05, 0.1) is 13.3 Å². The van der Waals surface area contributed by atoms with Crippen LogP contribution in [0.4, 0.5) is 0 Å². The summed E-state index contributed by atoms with van der Waals surface area (Å²) in [6, 6.07) is 8.04. The van der Waals surface area contributed by atoms with Gasteiger partial charge in [0, 0.05) is 24.7 Å². The Morgan fingerprint density at radius 1 is 1.13 bits per heavy atom. The number of ether oxygens (including phenoxy) is 1. The number of hydrogen-bond donors (Lipinski definition) is 0. The van der Waals surface area contributed by atoms with E-state index in [1.165, 1.54) is 5.56 Å². The summed E-state index contributed by atoms with van der Waals surface area (Å²) >= 11 is 1.65. The summed E-state index contributed by atoms with van der Waals surface area (Å²) in [7, 11) is 1.67. The summed E-state index contributed by atoms with van der Waals surface area (Å²) in [5.41, 5.74) is 1.95. The van der Waals surface area contributed by atoms with Crippen LogP contribution in [0.15, 0.2) is 48.0 Å². The normalized spacial score (nSPS) is 10.7. The van der Waals surface area contributed by atoms with Gasteiger partial charge in [-0.1, -0.05) is 23.9 Å². The Labute approximate surface area is 139 Å². The standard InChI is InChI=1S/C16H17N5OS/c1-3-21-15(14-10-17-8-9-18-14)19-20-16(21)23-11-12-4-6-13(22-2)7-5-12/h4-10H,3,11H2,1-2H3. The summed E-state index contributed by atoms with van der Waals surface area (Å²) in [6.45, 7) is 2.85. The first kappa shape index (κ1) is 15.5. The van der Waals surface area contributed by atoms with E-state index in [1.807, 2.05) is 12.1 Å². The van der Waals surface area contributed by atoms with E-state index in [4.69, 9.17) is 4.74 Å². The van der Waals surface area contributed by atoms with Gasteiger partial charge in [0.2, 0.25) is 0 Å². The van der Waals surface area contributed by atoms with Crippen molar-refractivity contribution in [2.45, 2.75) is 24.4 Å². The van der Waals surface area contributed by atoms with Crippen LogP contribution in [0.5, 0.6) is 5.75 Å². The van der Waals surface area contributed by atoms with Crippen molar-refractivity contribution in [2.24, 2.45) is 0 Å². The van der Waals surface area contributed by atoms with Gasteiger partial charge in [-0.15, -0.1) is 10.2 Å². The maximum atomic E-state index is 5.17. The van der Waals surface area contributed by atoms with Gasteiger partial charge in [0.15, 0.2) is 11.0 Å².